The molecule has 1 aliphatic carbocycles. The molecule has 11 heteroatoms. The number of amides is 1. The number of rotatable bonds is 14. The van der Waals surface area contributed by atoms with Crippen molar-refractivity contribution in [2.24, 2.45) is 5.92 Å². The summed E-state index contributed by atoms with van der Waals surface area (Å²) in [7, 11) is -3.31. The largest absolute Gasteiger partial charge is 0.493 e. The molecule has 1 heterocycles. The van der Waals surface area contributed by atoms with Gasteiger partial charge in [-0.05, 0) is 64.2 Å². The van der Waals surface area contributed by atoms with E-state index in [-0.39, 0.29) is 24.9 Å². The first-order chi connectivity index (χ1) is 16.6. The van der Waals surface area contributed by atoms with Crippen molar-refractivity contribution in [1.82, 2.24) is 15.0 Å². The molecular weight excluding hydrogens is 510 g/mol. The molecular formula is C24H32ClN3O5S2. The minimum absolute atomic E-state index is 0.140. The van der Waals surface area contributed by atoms with Crippen molar-refractivity contribution in [3.8, 4) is 16.7 Å². The van der Waals surface area contributed by atoms with Gasteiger partial charge in [-0.1, -0.05) is 29.0 Å². The number of thiazole rings is 1. The number of halogens is 1. The van der Waals surface area contributed by atoms with Gasteiger partial charge in [0.1, 0.15) is 11.5 Å². The highest BCUT2D eigenvalue weighted by atomic mass is 35.5. The average Bonchev–Trinajstić information content (AvgIpc) is 3.52. The first kappa shape index (κ1) is 27.4. The summed E-state index contributed by atoms with van der Waals surface area (Å²) in [6.07, 6.45) is 8.53. The first-order valence-electron chi connectivity index (χ1n) is 11.6. The molecule has 1 aromatic heterocycles. The molecule has 1 aromatic carbocycles. The molecule has 8 nitrogen and oxygen atoms in total. The van der Waals surface area contributed by atoms with Crippen molar-refractivity contribution >= 4 is 44.9 Å². The number of ether oxygens (including phenoxy) is 2. The van der Waals surface area contributed by atoms with Gasteiger partial charge in [-0.25, -0.2) is 18.1 Å². The highest BCUT2D eigenvalue weighted by Crippen LogP contribution is 2.35. The van der Waals surface area contributed by atoms with E-state index in [9.17, 15) is 13.2 Å². The summed E-state index contributed by atoms with van der Waals surface area (Å²) in [5, 5.41) is 3.29. The van der Waals surface area contributed by atoms with Crippen LogP contribution in [0.25, 0.3) is 6.08 Å². The van der Waals surface area contributed by atoms with Crippen LogP contribution >= 0.6 is 22.9 Å². The van der Waals surface area contributed by atoms with Gasteiger partial charge in [0.25, 0.3) is 5.19 Å². The number of aromatic nitrogens is 1. The van der Waals surface area contributed by atoms with Gasteiger partial charge < -0.3 is 14.8 Å². The third kappa shape index (κ3) is 9.44. The van der Waals surface area contributed by atoms with E-state index >= 15 is 0 Å². The van der Waals surface area contributed by atoms with E-state index in [2.05, 4.69) is 15.0 Å². The predicted molar refractivity (Wildman–Crippen MR) is 140 cm³/mol. The molecule has 2 N–H and O–H groups in total. The van der Waals surface area contributed by atoms with Gasteiger partial charge in [0.15, 0.2) is 0 Å². The van der Waals surface area contributed by atoms with Crippen LogP contribution in [0.1, 0.15) is 51.3 Å². The minimum atomic E-state index is -3.31. The fourth-order valence-corrected chi connectivity index (χ4v) is 4.55. The summed E-state index contributed by atoms with van der Waals surface area (Å²) >= 11 is 7.69. The van der Waals surface area contributed by atoms with E-state index in [1.54, 1.807) is 32.2 Å². The van der Waals surface area contributed by atoms with E-state index in [1.807, 2.05) is 25.1 Å². The molecule has 1 atom stereocenters. The molecule has 192 valence electrons. The molecule has 0 aliphatic heterocycles. The number of nitrogens with zero attached hydrogens (tertiary/aromatic N) is 1. The molecule has 2 aromatic rings. The second-order valence-corrected chi connectivity index (χ2v) is 12.5. The van der Waals surface area contributed by atoms with Crippen LogP contribution in [0.4, 0.5) is 0 Å². The number of sulfonamides is 1. The average molecular weight is 542 g/mol. The maximum Gasteiger partial charge on any atom is 0.279 e. The van der Waals surface area contributed by atoms with E-state index in [0.29, 0.717) is 28.3 Å². The Morgan fingerprint density at radius 1 is 1.31 bits per heavy atom. The van der Waals surface area contributed by atoms with Crippen LogP contribution in [0, 0.1) is 5.92 Å². The Balaban J connectivity index is 1.41. The number of hydrogen-bond donors (Lipinski definition) is 2. The quantitative estimate of drug-likeness (QED) is 0.326. The summed E-state index contributed by atoms with van der Waals surface area (Å²) in [6, 6.07) is 5.16. The lowest BCUT2D eigenvalue weighted by Gasteiger charge is -2.11. The zero-order valence-corrected chi connectivity index (χ0v) is 22.5. The molecule has 0 radical (unpaired) electrons. The zero-order chi connectivity index (χ0) is 25.4. The van der Waals surface area contributed by atoms with Crippen molar-refractivity contribution in [1.29, 1.82) is 0 Å². The summed E-state index contributed by atoms with van der Waals surface area (Å²) in [4.78, 5) is 17.2. The first-order valence-corrected chi connectivity index (χ1v) is 14.4. The molecule has 35 heavy (non-hydrogen) atoms. The van der Waals surface area contributed by atoms with Crippen LogP contribution in [0.15, 0.2) is 30.5 Å². The second kappa shape index (κ2) is 12.7. The molecule has 3 rings (SSSR count). The Labute approximate surface area is 216 Å². The number of carbonyl (C=O) groups is 1. The molecule has 1 fully saturated rings. The summed E-state index contributed by atoms with van der Waals surface area (Å²) in [5.41, 5.74) is 0. The minimum Gasteiger partial charge on any atom is -0.493 e. The van der Waals surface area contributed by atoms with Crippen LogP contribution in [-0.2, 0) is 14.8 Å². The standard InChI is InChI=1S/C24H32ClN3O5S2/c1-16(2)35(30,31)27-12-4-5-23(29)28-17(3)6-10-20-14-26-24(34-20)33-22-11-9-19(13-21(22)25)32-15-18-7-8-18/h6,9-11,13-14,16-18,27H,4-5,7-8,12,15H2,1-3H3,(H,28,29)/t17-/m0/s1. The Hall–Kier alpha value is -2.14. The smallest absolute Gasteiger partial charge is 0.279 e. The lowest BCUT2D eigenvalue weighted by molar-refractivity contribution is -0.121. The third-order valence-corrected chi connectivity index (χ3v) is 8.21. The van der Waals surface area contributed by atoms with Crippen molar-refractivity contribution in [2.45, 2.75) is 57.7 Å². The fourth-order valence-electron chi connectivity index (χ4n) is 2.88. The van der Waals surface area contributed by atoms with Crippen LogP contribution in [0.5, 0.6) is 16.7 Å². The summed E-state index contributed by atoms with van der Waals surface area (Å²) in [6.45, 7) is 6.04. The zero-order valence-electron chi connectivity index (χ0n) is 20.1. The van der Waals surface area contributed by atoms with Crippen molar-refractivity contribution in [3.63, 3.8) is 0 Å². The van der Waals surface area contributed by atoms with E-state index in [4.69, 9.17) is 21.1 Å². The van der Waals surface area contributed by atoms with Crippen molar-refractivity contribution < 1.29 is 22.7 Å². The lowest BCUT2D eigenvalue weighted by Crippen LogP contribution is -2.34. The Morgan fingerprint density at radius 2 is 2.09 bits per heavy atom. The van der Waals surface area contributed by atoms with Gasteiger partial charge >= 0.3 is 0 Å². The van der Waals surface area contributed by atoms with E-state index < -0.39 is 15.3 Å². The second-order valence-electron chi connectivity index (χ2n) is 8.78. The maximum atomic E-state index is 12.1. The van der Waals surface area contributed by atoms with Crippen LogP contribution < -0.4 is 19.5 Å². The Bertz CT molecular complexity index is 1130. The number of nitrogens with one attached hydrogen (secondary N) is 2. The maximum absolute atomic E-state index is 12.1. The van der Waals surface area contributed by atoms with Gasteiger partial charge in [-0.15, -0.1) is 0 Å². The third-order valence-electron chi connectivity index (χ3n) is 5.23. The van der Waals surface area contributed by atoms with E-state index in [1.165, 1.54) is 24.2 Å². The monoisotopic (exact) mass is 541 g/mol. The molecule has 0 spiro atoms. The van der Waals surface area contributed by atoms with Crippen molar-refractivity contribution in [2.75, 3.05) is 13.2 Å². The molecule has 0 saturated heterocycles. The van der Waals surface area contributed by atoms with Gasteiger partial charge in [0, 0.05) is 31.3 Å². The molecule has 0 bridgehead atoms. The molecule has 0 unspecified atom stereocenters. The van der Waals surface area contributed by atoms with Crippen LogP contribution in [-0.4, -0.2) is 43.8 Å². The Morgan fingerprint density at radius 3 is 2.77 bits per heavy atom. The Kier molecular flexibility index (Phi) is 9.97. The van der Waals surface area contributed by atoms with Gasteiger partial charge in [0.2, 0.25) is 15.9 Å². The van der Waals surface area contributed by atoms with Gasteiger partial charge in [-0.3, -0.25) is 4.79 Å². The topological polar surface area (TPSA) is 107 Å². The summed E-state index contributed by atoms with van der Waals surface area (Å²) in [5.74, 6) is 1.76. The summed E-state index contributed by atoms with van der Waals surface area (Å²) < 4.78 is 37.5. The lowest BCUT2D eigenvalue weighted by atomic mass is 10.2. The number of carbonyl (C=O) groups excluding carboxylic acids is 1. The van der Waals surface area contributed by atoms with Crippen LogP contribution in [0.2, 0.25) is 5.02 Å². The molecule has 1 aliphatic rings. The number of hydrogen-bond acceptors (Lipinski definition) is 7. The van der Waals surface area contributed by atoms with Gasteiger partial charge in [0.05, 0.1) is 21.8 Å². The predicted octanol–water partition coefficient (Wildman–Crippen LogP) is 5.00. The van der Waals surface area contributed by atoms with E-state index in [0.717, 1.165) is 17.2 Å². The van der Waals surface area contributed by atoms with Crippen molar-refractivity contribution in [3.05, 3.63) is 40.4 Å². The fraction of sp³-hybridized carbons (Fsp3) is 0.500. The SMILES string of the molecule is CC(C)S(=O)(=O)NCCCC(=O)N[C@@H](C)C=Cc1cnc(Oc2ccc(OCC3CC3)cc2Cl)s1. The number of benzene rings is 1. The van der Waals surface area contributed by atoms with Crippen LogP contribution in [0.3, 0.4) is 0 Å². The highest BCUT2D eigenvalue weighted by Gasteiger charge is 2.22. The molecule has 1 saturated carbocycles. The normalized spacial score (nSPS) is 14.9. The molecule has 1 amide bonds. The van der Waals surface area contributed by atoms with Gasteiger partial charge in [-0.2, -0.15) is 0 Å². The highest BCUT2D eigenvalue weighted by molar-refractivity contribution is 7.90.